The highest BCUT2D eigenvalue weighted by molar-refractivity contribution is 6.83. The van der Waals surface area contributed by atoms with Gasteiger partial charge in [-0.05, 0) is 17.7 Å². The van der Waals surface area contributed by atoms with Gasteiger partial charge in [-0.15, -0.1) is 5.54 Å². The minimum atomic E-state index is -1.57. The maximum atomic E-state index is 10.3. The van der Waals surface area contributed by atoms with Crippen LogP contribution in [0.3, 0.4) is 0 Å². The molecule has 3 nitrogen and oxygen atoms in total. The number of ether oxygens (including phenoxy) is 1. The first-order valence-corrected chi connectivity index (χ1v) is 12.1. The van der Waals surface area contributed by atoms with Gasteiger partial charge in [-0.2, -0.15) is 0 Å². The van der Waals surface area contributed by atoms with Crippen LogP contribution >= 0.6 is 0 Å². The summed E-state index contributed by atoms with van der Waals surface area (Å²) < 4.78 is 5.97. The predicted octanol–water partition coefficient (Wildman–Crippen LogP) is 3.70. The van der Waals surface area contributed by atoms with Gasteiger partial charge in [-0.25, -0.2) is 0 Å². The van der Waals surface area contributed by atoms with E-state index in [4.69, 9.17) is 4.74 Å². The molecule has 1 aliphatic rings. The average Bonchev–Trinajstić information content (AvgIpc) is 2.61. The van der Waals surface area contributed by atoms with Crippen molar-refractivity contribution in [2.75, 3.05) is 18.1 Å². The number of aliphatic hydroxyl groups is 1. The Kier molecular flexibility index (Phi) is 4.89. The van der Waals surface area contributed by atoms with Crippen LogP contribution < -0.4 is 9.64 Å². The van der Waals surface area contributed by atoms with Gasteiger partial charge in [0.05, 0.1) is 12.3 Å². The smallest absolute Gasteiger partial charge is 0.159 e. The van der Waals surface area contributed by atoms with Gasteiger partial charge in [0.1, 0.15) is 20.4 Å². The van der Waals surface area contributed by atoms with Crippen molar-refractivity contribution in [3.63, 3.8) is 0 Å². The largest absolute Gasteiger partial charge is 0.488 e. The maximum absolute atomic E-state index is 10.3. The summed E-state index contributed by atoms with van der Waals surface area (Å²) in [6.07, 6.45) is 0. The lowest BCUT2D eigenvalue weighted by atomic mass is 9.96. The molecule has 1 unspecified atom stereocenters. The number of nitrogens with zero attached hydrogens (tertiary/aromatic N) is 1. The summed E-state index contributed by atoms with van der Waals surface area (Å²) in [4.78, 5) is 2.20. The van der Waals surface area contributed by atoms with Crippen LogP contribution in [0, 0.1) is 11.5 Å². The summed E-state index contributed by atoms with van der Waals surface area (Å²) in [5.41, 5.74) is 4.89. The molecule has 0 fully saturated rings. The molecule has 0 spiro atoms. The van der Waals surface area contributed by atoms with Crippen molar-refractivity contribution in [1.82, 2.24) is 0 Å². The van der Waals surface area contributed by atoms with E-state index in [1.165, 1.54) is 5.56 Å². The topological polar surface area (TPSA) is 32.7 Å². The molecular weight excluding hydrogens is 326 g/mol. The third kappa shape index (κ3) is 3.89. The van der Waals surface area contributed by atoms with Gasteiger partial charge in [-0.1, -0.05) is 68.0 Å². The molecule has 0 saturated heterocycles. The molecule has 2 aromatic carbocycles. The fourth-order valence-electron chi connectivity index (χ4n) is 2.89. The van der Waals surface area contributed by atoms with Crippen LogP contribution in [0.25, 0.3) is 0 Å². The van der Waals surface area contributed by atoms with E-state index >= 15 is 0 Å². The normalized spacial score (nSPS) is 19.4. The monoisotopic (exact) mass is 351 g/mol. The minimum Gasteiger partial charge on any atom is -0.488 e. The van der Waals surface area contributed by atoms with E-state index in [1.54, 1.807) is 0 Å². The molecule has 25 heavy (non-hydrogen) atoms. The SMILES string of the molecule is C[Si](C)(C)C#CC1(CO)COc2ccccc2N1Cc1ccccc1. The van der Waals surface area contributed by atoms with Crippen LogP contribution in [0.4, 0.5) is 5.69 Å². The second kappa shape index (κ2) is 6.95. The fourth-order valence-corrected chi connectivity index (χ4v) is 3.50. The van der Waals surface area contributed by atoms with Gasteiger partial charge >= 0.3 is 0 Å². The molecule has 0 saturated carbocycles. The Hall–Kier alpha value is -2.22. The number of hydrogen-bond acceptors (Lipinski definition) is 3. The second-order valence-corrected chi connectivity index (χ2v) is 12.3. The zero-order valence-electron chi connectivity index (χ0n) is 15.1. The molecule has 3 rings (SSSR count). The molecule has 1 atom stereocenters. The molecule has 0 radical (unpaired) electrons. The van der Waals surface area contributed by atoms with Crippen LogP contribution in [0.1, 0.15) is 5.56 Å². The van der Waals surface area contributed by atoms with E-state index in [9.17, 15) is 5.11 Å². The van der Waals surface area contributed by atoms with Gasteiger partial charge in [-0.3, -0.25) is 0 Å². The fraction of sp³-hybridized carbons (Fsp3) is 0.333. The predicted molar refractivity (Wildman–Crippen MR) is 106 cm³/mol. The molecule has 1 aliphatic heterocycles. The van der Waals surface area contributed by atoms with Gasteiger partial charge in [0.25, 0.3) is 0 Å². The zero-order valence-corrected chi connectivity index (χ0v) is 16.1. The molecule has 0 aromatic heterocycles. The van der Waals surface area contributed by atoms with E-state index in [0.717, 1.165) is 11.4 Å². The lowest BCUT2D eigenvalue weighted by Crippen LogP contribution is -2.57. The lowest BCUT2D eigenvalue weighted by molar-refractivity contribution is 0.148. The number of fused-ring (bicyclic) bond motifs is 1. The van der Waals surface area contributed by atoms with Crippen molar-refractivity contribution in [2.45, 2.75) is 31.7 Å². The van der Waals surface area contributed by atoms with E-state index < -0.39 is 13.6 Å². The Morgan fingerprint density at radius 3 is 2.44 bits per heavy atom. The molecule has 1 N–H and O–H groups in total. The lowest BCUT2D eigenvalue weighted by Gasteiger charge is -2.45. The minimum absolute atomic E-state index is 0.0638. The van der Waals surface area contributed by atoms with Gasteiger partial charge in [0.15, 0.2) is 5.54 Å². The number of rotatable bonds is 3. The zero-order chi connectivity index (χ0) is 17.9. The Labute approximate surface area is 151 Å². The van der Waals surface area contributed by atoms with E-state index in [1.807, 2.05) is 42.5 Å². The quantitative estimate of drug-likeness (QED) is 0.676. The number of aliphatic hydroxyl groups excluding tert-OH is 1. The summed E-state index contributed by atoms with van der Waals surface area (Å²) in [5, 5.41) is 10.3. The maximum Gasteiger partial charge on any atom is 0.159 e. The number of hydrogen-bond donors (Lipinski definition) is 1. The average molecular weight is 352 g/mol. The summed E-state index contributed by atoms with van der Waals surface area (Å²) in [5.74, 6) is 4.24. The highest BCUT2D eigenvalue weighted by Gasteiger charge is 2.41. The molecule has 130 valence electrons. The van der Waals surface area contributed by atoms with Gasteiger partial charge in [0, 0.05) is 6.54 Å². The highest BCUT2D eigenvalue weighted by Crippen LogP contribution is 2.39. The summed E-state index contributed by atoms with van der Waals surface area (Å²) in [6.45, 7) is 7.62. The summed E-state index contributed by atoms with van der Waals surface area (Å²) >= 11 is 0. The third-order valence-corrected chi connectivity index (χ3v) is 5.13. The van der Waals surface area contributed by atoms with Crippen LogP contribution in [0.15, 0.2) is 54.6 Å². The Balaban J connectivity index is 2.07. The number of anilines is 1. The van der Waals surface area contributed by atoms with Gasteiger partial charge in [0.2, 0.25) is 0 Å². The molecule has 0 amide bonds. The summed E-state index contributed by atoms with van der Waals surface area (Å²) in [7, 11) is -1.57. The Morgan fingerprint density at radius 1 is 1.08 bits per heavy atom. The van der Waals surface area contributed by atoms with Crippen LogP contribution in [0.2, 0.25) is 19.6 Å². The van der Waals surface area contributed by atoms with Crippen molar-refractivity contribution >= 4 is 13.8 Å². The first kappa shape index (κ1) is 17.6. The molecule has 0 bridgehead atoms. The van der Waals surface area contributed by atoms with E-state index in [0.29, 0.717) is 13.2 Å². The van der Waals surface area contributed by atoms with Gasteiger partial charge < -0.3 is 14.7 Å². The standard InChI is InChI=1S/C21H25NO2Si/c1-25(2,3)14-13-21(16-23)17-24-20-12-8-7-11-19(20)22(21)15-18-9-5-4-6-10-18/h4-12,23H,15-17H2,1-3H3. The first-order valence-electron chi connectivity index (χ1n) is 8.62. The van der Waals surface area contributed by atoms with E-state index in [-0.39, 0.29) is 6.61 Å². The Morgan fingerprint density at radius 2 is 1.76 bits per heavy atom. The number of benzene rings is 2. The van der Waals surface area contributed by atoms with Crippen molar-refractivity contribution < 1.29 is 9.84 Å². The molecule has 2 aromatic rings. The van der Waals surface area contributed by atoms with Crippen molar-refractivity contribution in [3.8, 4) is 17.2 Å². The number of para-hydroxylation sites is 2. The van der Waals surface area contributed by atoms with Crippen molar-refractivity contribution in [2.24, 2.45) is 0 Å². The highest BCUT2D eigenvalue weighted by atomic mass is 28.3. The van der Waals surface area contributed by atoms with Crippen LogP contribution in [0.5, 0.6) is 5.75 Å². The third-order valence-electron chi connectivity index (χ3n) is 4.25. The van der Waals surface area contributed by atoms with Crippen molar-refractivity contribution in [3.05, 3.63) is 60.2 Å². The molecule has 0 aliphatic carbocycles. The Bertz CT molecular complexity index is 789. The van der Waals surface area contributed by atoms with Crippen LogP contribution in [-0.4, -0.2) is 31.9 Å². The van der Waals surface area contributed by atoms with E-state index in [2.05, 4.69) is 48.1 Å². The summed E-state index contributed by atoms with van der Waals surface area (Å²) in [6, 6.07) is 18.3. The first-order chi connectivity index (χ1) is 11.9. The second-order valence-electron chi connectivity index (χ2n) is 7.52. The molecular formula is C21H25NO2Si. The van der Waals surface area contributed by atoms with Crippen molar-refractivity contribution in [1.29, 1.82) is 0 Å². The molecule has 1 heterocycles. The van der Waals surface area contributed by atoms with Crippen LogP contribution in [-0.2, 0) is 6.54 Å². The molecule has 4 heteroatoms.